The van der Waals surface area contributed by atoms with Crippen molar-refractivity contribution in [2.45, 2.75) is 6.92 Å². The van der Waals surface area contributed by atoms with Crippen molar-refractivity contribution < 1.29 is 9.53 Å². The molecule has 0 amide bonds. The van der Waals surface area contributed by atoms with Crippen LogP contribution in [0.4, 0.5) is 0 Å². The molecular weight excluding hydrogens is 222 g/mol. The van der Waals surface area contributed by atoms with Gasteiger partial charge in [0.05, 0.1) is 10.2 Å². The first-order valence-electron chi connectivity index (χ1n) is 3.89. The first kappa shape index (κ1) is 9.43. The summed E-state index contributed by atoms with van der Waals surface area (Å²) < 4.78 is 6.33. The highest BCUT2D eigenvalue weighted by atomic mass is 35.5. The Morgan fingerprint density at radius 3 is 3.07 bits per heavy atom. The van der Waals surface area contributed by atoms with Crippen LogP contribution in [0.1, 0.15) is 6.92 Å². The van der Waals surface area contributed by atoms with E-state index in [2.05, 4.69) is 4.98 Å². The second-order valence-electron chi connectivity index (χ2n) is 2.69. The monoisotopic (exact) mass is 227 g/mol. The third-order valence-corrected chi connectivity index (χ3v) is 2.72. The van der Waals surface area contributed by atoms with Crippen LogP contribution in [0.2, 0.25) is 4.47 Å². The zero-order valence-corrected chi connectivity index (χ0v) is 8.85. The number of hydrogen-bond acceptors (Lipinski definition) is 4. The van der Waals surface area contributed by atoms with Crippen molar-refractivity contribution >= 4 is 39.1 Å². The van der Waals surface area contributed by atoms with Crippen molar-refractivity contribution in [3.05, 3.63) is 22.7 Å². The second-order valence-corrected chi connectivity index (χ2v) is 4.30. The van der Waals surface area contributed by atoms with Gasteiger partial charge in [0.15, 0.2) is 4.47 Å². The molecule has 0 unspecified atom stereocenters. The molecule has 0 spiro atoms. The molecule has 0 aliphatic rings. The fraction of sp³-hybridized carbons (Fsp3) is 0.111. The molecule has 14 heavy (non-hydrogen) atoms. The van der Waals surface area contributed by atoms with Crippen LogP contribution < -0.4 is 4.74 Å². The van der Waals surface area contributed by atoms with E-state index in [4.69, 9.17) is 16.3 Å². The lowest BCUT2D eigenvalue weighted by atomic mass is 10.3. The molecule has 5 heteroatoms. The first-order valence-corrected chi connectivity index (χ1v) is 5.09. The summed E-state index contributed by atoms with van der Waals surface area (Å²) in [6, 6.07) is 5.22. The molecule has 1 aromatic carbocycles. The van der Waals surface area contributed by atoms with Crippen molar-refractivity contribution in [2.24, 2.45) is 0 Å². The number of hydrogen-bond donors (Lipinski definition) is 0. The molecule has 0 fully saturated rings. The number of rotatable bonds is 1. The fourth-order valence-corrected chi connectivity index (χ4v) is 2.17. The van der Waals surface area contributed by atoms with Gasteiger partial charge in [-0.3, -0.25) is 4.79 Å². The van der Waals surface area contributed by atoms with E-state index in [1.165, 1.54) is 18.3 Å². The lowest BCUT2D eigenvalue weighted by Crippen LogP contribution is -2.00. The molecule has 0 bridgehead atoms. The molecule has 2 rings (SSSR count). The van der Waals surface area contributed by atoms with Gasteiger partial charge in [-0.2, -0.15) is 0 Å². The number of ether oxygens (including phenoxy) is 1. The molecule has 1 heterocycles. The second kappa shape index (κ2) is 3.55. The average Bonchev–Trinajstić information content (AvgIpc) is 2.42. The summed E-state index contributed by atoms with van der Waals surface area (Å²) in [4.78, 5) is 14.8. The van der Waals surface area contributed by atoms with Gasteiger partial charge in [0, 0.05) is 13.0 Å². The highest BCUT2D eigenvalue weighted by molar-refractivity contribution is 7.22. The maximum atomic E-state index is 10.7. The van der Waals surface area contributed by atoms with Crippen molar-refractivity contribution in [1.29, 1.82) is 0 Å². The summed E-state index contributed by atoms with van der Waals surface area (Å²) >= 11 is 7.10. The maximum absolute atomic E-state index is 10.7. The van der Waals surface area contributed by atoms with E-state index in [0.717, 1.165) is 10.2 Å². The Labute approximate surface area is 89.3 Å². The molecule has 72 valence electrons. The number of aromatic nitrogens is 1. The van der Waals surface area contributed by atoms with Crippen LogP contribution in [0.3, 0.4) is 0 Å². The normalized spacial score (nSPS) is 10.4. The highest BCUT2D eigenvalue weighted by Crippen LogP contribution is 2.28. The van der Waals surface area contributed by atoms with Crippen molar-refractivity contribution in [2.75, 3.05) is 0 Å². The Bertz CT molecular complexity index is 495. The van der Waals surface area contributed by atoms with Crippen molar-refractivity contribution in [3.63, 3.8) is 0 Å². The molecule has 2 aromatic rings. The van der Waals surface area contributed by atoms with E-state index in [1.54, 1.807) is 18.2 Å². The van der Waals surface area contributed by atoms with Gasteiger partial charge in [-0.1, -0.05) is 11.6 Å². The number of halogens is 1. The summed E-state index contributed by atoms with van der Waals surface area (Å²) in [6.07, 6.45) is 0. The lowest BCUT2D eigenvalue weighted by molar-refractivity contribution is -0.131. The van der Waals surface area contributed by atoms with Gasteiger partial charge in [0.1, 0.15) is 5.75 Å². The molecular formula is C9H6ClNO2S. The minimum atomic E-state index is -0.333. The van der Waals surface area contributed by atoms with Crippen molar-refractivity contribution in [3.8, 4) is 5.75 Å². The van der Waals surface area contributed by atoms with Crippen molar-refractivity contribution in [1.82, 2.24) is 4.98 Å². The molecule has 0 N–H and O–H groups in total. The molecule has 0 atom stereocenters. The number of nitrogens with zero attached hydrogens (tertiary/aromatic N) is 1. The standard InChI is InChI=1S/C9H6ClNO2S/c1-5(12)13-6-2-3-7-8(4-6)14-9(10)11-7/h2-4H,1H3. The quantitative estimate of drug-likeness (QED) is 0.556. The zero-order chi connectivity index (χ0) is 10.1. The Hall–Kier alpha value is -1.13. The van der Waals surface area contributed by atoms with E-state index >= 15 is 0 Å². The van der Waals surface area contributed by atoms with Crippen LogP contribution in [-0.4, -0.2) is 11.0 Å². The number of thiazole rings is 1. The van der Waals surface area contributed by atoms with Gasteiger partial charge in [-0.15, -0.1) is 11.3 Å². The van der Waals surface area contributed by atoms with Gasteiger partial charge < -0.3 is 4.74 Å². The van der Waals surface area contributed by atoms with Crippen LogP contribution in [0, 0.1) is 0 Å². The molecule has 0 aliphatic heterocycles. The number of carbonyl (C=O) groups is 1. The molecule has 1 aromatic heterocycles. The summed E-state index contributed by atoms with van der Waals surface area (Å²) in [5, 5.41) is 0. The predicted molar refractivity (Wildman–Crippen MR) is 55.9 cm³/mol. The van der Waals surface area contributed by atoms with Crippen LogP contribution in [0.15, 0.2) is 18.2 Å². The Kier molecular flexibility index (Phi) is 2.39. The summed E-state index contributed by atoms with van der Waals surface area (Å²) in [5.74, 6) is 0.185. The van der Waals surface area contributed by atoms with Gasteiger partial charge in [0.25, 0.3) is 0 Å². The molecule has 3 nitrogen and oxygen atoms in total. The van der Waals surface area contributed by atoms with E-state index < -0.39 is 0 Å². The molecule has 0 saturated heterocycles. The van der Waals surface area contributed by atoms with Gasteiger partial charge in [0.2, 0.25) is 0 Å². The van der Waals surface area contributed by atoms with Crippen LogP contribution in [0.25, 0.3) is 10.2 Å². The minimum absolute atomic E-state index is 0.333. The Balaban J connectivity index is 2.45. The fourth-order valence-electron chi connectivity index (χ4n) is 1.11. The number of fused-ring (bicyclic) bond motifs is 1. The van der Waals surface area contributed by atoms with Gasteiger partial charge in [-0.05, 0) is 12.1 Å². The topological polar surface area (TPSA) is 39.2 Å². The summed E-state index contributed by atoms with van der Waals surface area (Å²) in [5.41, 5.74) is 0.816. The minimum Gasteiger partial charge on any atom is -0.427 e. The third kappa shape index (κ3) is 1.86. The zero-order valence-electron chi connectivity index (χ0n) is 7.28. The third-order valence-electron chi connectivity index (χ3n) is 1.60. The Morgan fingerprint density at radius 2 is 2.36 bits per heavy atom. The number of esters is 1. The summed E-state index contributed by atoms with van der Waals surface area (Å²) in [6.45, 7) is 1.36. The first-order chi connectivity index (χ1) is 6.65. The largest absolute Gasteiger partial charge is 0.427 e. The van der Waals surface area contributed by atoms with Crippen LogP contribution in [0.5, 0.6) is 5.75 Å². The van der Waals surface area contributed by atoms with Gasteiger partial charge >= 0.3 is 5.97 Å². The smallest absolute Gasteiger partial charge is 0.308 e. The molecule has 0 saturated carbocycles. The van der Waals surface area contributed by atoms with E-state index in [0.29, 0.717) is 10.2 Å². The highest BCUT2D eigenvalue weighted by Gasteiger charge is 2.04. The number of carbonyl (C=O) groups excluding carboxylic acids is 1. The van der Waals surface area contributed by atoms with E-state index in [1.807, 2.05) is 0 Å². The predicted octanol–water partition coefficient (Wildman–Crippen LogP) is 2.88. The summed E-state index contributed by atoms with van der Waals surface area (Å²) in [7, 11) is 0. The van der Waals surface area contributed by atoms with Gasteiger partial charge in [-0.25, -0.2) is 4.98 Å². The van der Waals surface area contributed by atoms with E-state index in [9.17, 15) is 4.79 Å². The molecule has 0 aliphatic carbocycles. The van der Waals surface area contributed by atoms with E-state index in [-0.39, 0.29) is 5.97 Å². The van der Waals surface area contributed by atoms with Crippen LogP contribution >= 0.6 is 22.9 Å². The SMILES string of the molecule is CC(=O)Oc1ccc2nc(Cl)sc2c1. The lowest BCUT2D eigenvalue weighted by Gasteiger charge is -1.99. The number of benzene rings is 1. The maximum Gasteiger partial charge on any atom is 0.308 e. The average molecular weight is 228 g/mol. The van der Waals surface area contributed by atoms with Crippen LogP contribution in [-0.2, 0) is 4.79 Å². The Morgan fingerprint density at radius 1 is 1.57 bits per heavy atom. The molecule has 0 radical (unpaired) electrons.